The van der Waals surface area contributed by atoms with Crippen LogP contribution >= 0.6 is 0 Å². The maximum absolute atomic E-state index is 11.2. The summed E-state index contributed by atoms with van der Waals surface area (Å²) in [4.78, 5) is 0. The van der Waals surface area contributed by atoms with Gasteiger partial charge in [0.25, 0.3) is 0 Å². The summed E-state index contributed by atoms with van der Waals surface area (Å²) >= 11 is 0. The predicted molar refractivity (Wildman–Crippen MR) is 57.3 cm³/mol. The van der Waals surface area contributed by atoms with E-state index in [1.54, 1.807) is 0 Å². The van der Waals surface area contributed by atoms with Crippen molar-refractivity contribution in [3.8, 4) is 0 Å². The molecule has 0 aromatic rings. The molecule has 0 aliphatic carbocycles. The van der Waals surface area contributed by atoms with Gasteiger partial charge in [-0.1, -0.05) is 13.8 Å². The largest absolute Gasteiger partial charge is 0.391 e. The van der Waals surface area contributed by atoms with E-state index < -0.39 is 16.9 Å². The molecule has 13 heavy (non-hydrogen) atoms. The Hall–Kier alpha value is 0.0700. The molecule has 0 aliphatic rings. The normalized spacial score (nSPS) is 15.6. The summed E-state index contributed by atoms with van der Waals surface area (Å²) < 4.78 is 11.2. The highest BCUT2D eigenvalue weighted by molar-refractivity contribution is 7.85. The highest BCUT2D eigenvalue weighted by Gasteiger charge is 2.07. The Kier molecular flexibility index (Phi) is 8.71. The highest BCUT2D eigenvalue weighted by atomic mass is 32.2. The minimum Gasteiger partial charge on any atom is -0.391 e. The van der Waals surface area contributed by atoms with E-state index >= 15 is 0 Å². The summed E-state index contributed by atoms with van der Waals surface area (Å²) in [5.74, 6) is 1.11. The average molecular weight is 207 g/mol. The van der Waals surface area contributed by atoms with Crippen LogP contribution in [0.15, 0.2) is 0 Å². The first kappa shape index (κ1) is 13.1. The molecular formula is C9H21NO2S. The van der Waals surface area contributed by atoms with Crippen molar-refractivity contribution in [3.05, 3.63) is 0 Å². The van der Waals surface area contributed by atoms with Crippen molar-refractivity contribution in [3.63, 3.8) is 0 Å². The number of aliphatic hydroxyl groups excluding tert-OH is 1. The molecule has 3 nitrogen and oxygen atoms in total. The lowest BCUT2D eigenvalue weighted by atomic mass is 10.4. The minimum atomic E-state index is -0.846. The molecule has 0 radical (unpaired) electrons. The van der Waals surface area contributed by atoms with Crippen molar-refractivity contribution in [1.82, 2.24) is 5.32 Å². The smallest absolute Gasteiger partial charge is 0.0779 e. The molecule has 4 heteroatoms. The van der Waals surface area contributed by atoms with Crippen LogP contribution < -0.4 is 5.32 Å². The molecule has 0 saturated carbocycles. The van der Waals surface area contributed by atoms with Gasteiger partial charge in [-0.3, -0.25) is 4.21 Å². The summed E-state index contributed by atoms with van der Waals surface area (Å²) in [6.07, 6.45) is 1.52. The number of nitrogens with one attached hydrogen (secondary N) is 1. The van der Waals surface area contributed by atoms with E-state index in [4.69, 9.17) is 0 Å². The van der Waals surface area contributed by atoms with Crippen molar-refractivity contribution in [2.45, 2.75) is 32.8 Å². The van der Waals surface area contributed by atoms with Gasteiger partial charge in [-0.15, -0.1) is 0 Å². The highest BCUT2D eigenvalue weighted by Crippen LogP contribution is 1.91. The molecule has 2 atom stereocenters. The van der Waals surface area contributed by atoms with Gasteiger partial charge in [0.15, 0.2) is 0 Å². The van der Waals surface area contributed by atoms with Crippen molar-refractivity contribution in [1.29, 1.82) is 0 Å². The van der Waals surface area contributed by atoms with Gasteiger partial charge >= 0.3 is 0 Å². The zero-order valence-corrected chi connectivity index (χ0v) is 9.40. The second kappa shape index (κ2) is 8.66. The molecule has 0 rings (SSSR count). The van der Waals surface area contributed by atoms with E-state index in [2.05, 4.69) is 12.2 Å². The van der Waals surface area contributed by atoms with Gasteiger partial charge in [-0.2, -0.15) is 0 Å². The van der Waals surface area contributed by atoms with Gasteiger partial charge in [0.1, 0.15) is 0 Å². The molecule has 0 aliphatic heterocycles. The number of rotatable bonds is 8. The summed E-state index contributed by atoms with van der Waals surface area (Å²) in [7, 11) is -0.846. The maximum atomic E-state index is 11.2. The zero-order valence-electron chi connectivity index (χ0n) is 8.58. The fraction of sp³-hybridized carbons (Fsp3) is 1.00. The second-order valence-corrected chi connectivity index (χ2v) is 4.79. The molecule has 0 amide bonds. The van der Waals surface area contributed by atoms with Crippen molar-refractivity contribution in [2.75, 3.05) is 24.6 Å². The lowest BCUT2D eigenvalue weighted by Gasteiger charge is -2.10. The van der Waals surface area contributed by atoms with E-state index in [0.717, 1.165) is 19.4 Å². The predicted octanol–water partition coefficient (Wildman–Crippen LogP) is 0.506. The molecule has 80 valence electrons. The van der Waals surface area contributed by atoms with E-state index in [-0.39, 0.29) is 0 Å². The van der Waals surface area contributed by atoms with E-state index in [1.807, 2.05) is 6.92 Å². The SMILES string of the molecule is CCCNCC(O)CS(=O)CCC. The first-order chi connectivity index (χ1) is 6.20. The van der Waals surface area contributed by atoms with Crippen molar-refractivity contribution >= 4 is 10.8 Å². The average Bonchev–Trinajstić information content (AvgIpc) is 2.05. The van der Waals surface area contributed by atoms with Crippen LogP contribution in [-0.4, -0.2) is 40.0 Å². The van der Waals surface area contributed by atoms with Crippen LogP contribution in [0.1, 0.15) is 26.7 Å². The standard InChI is InChI=1S/C9H21NO2S/c1-3-5-10-7-9(11)8-13(12)6-4-2/h9-11H,3-8H2,1-2H3. The molecule has 0 spiro atoms. The third-order valence-corrected chi connectivity index (χ3v) is 3.24. The van der Waals surface area contributed by atoms with Gasteiger partial charge in [0, 0.05) is 23.1 Å². The first-order valence-corrected chi connectivity index (χ1v) is 6.43. The first-order valence-electron chi connectivity index (χ1n) is 4.94. The van der Waals surface area contributed by atoms with Crippen LogP contribution in [-0.2, 0) is 10.8 Å². The minimum absolute atomic E-state index is 0.407. The van der Waals surface area contributed by atoms with Gasteiger partial charge in [-0.05, 0) is 19.4 Å². The number of aliphatic hydroxyl groups is 1. The Morgan fingerprint density at radius 2 is 2.08 bits per heavy atom. The molecule has 0 fully saturated rings. The summed E-state index contributed by atoms with van der Waals surface area (Å²) in [5.41, 5.74) is 0. The van der Waals surface area contributed by atoms with Crippen LogP contribution in [0.25, 0.3) is 0 Å². The van der Waals surface area contributed by atoms with Crippen LogP contribution in [0.5, 0.6) is 0 Å². The molecule has 0 aromatic carbocycles. The van der Waals surface area contributed by atoms with Gasteiger partial charge < -0.3 is 10.4 Å². The summed E-state index contributed by atoms with van der Waals surface area (Å²) in [6.45, 7) is 5.55. The zero-order chi connectivity index (χ0) is 10.1. The fourth-order valence-corrected chi connectivity index (χ4v) is 2.20. The van der Waals surface area contributed by atoms with E-state index in [1.165, 1.54) is 0 Å². The lowest BCUT2D eigenvalue weighted by molar-refractivity contribution is 0.195. The quantitative estimate of drug-likeness (QED) is 0.570. The van der Waals surface area contributed by atoms with Crippen LogP contribution in [0.3, 0.4) is 0 Å². The van der Waals surface area contributed by atoms with Gasteiger partial charge in [-0.25, -0.2) is 0 Å². The Balaban J connectivity index is 3.38. The fourth-order valence-electron chi connectivity index (χ4n) is 1.03. The Bertz CT molecular complexity index is 142. The maximum Gasteiger partial charge on any atom is 0.0779 e. The molecular weight excluding hydrogens is 186 g/mol. The van der Waals surface area contributed by atoms with Crippen molar-refractivity contribution in [2.24, 2.45) is 0 Å². The summed E-state index contributed by atoms with van der Waals surface area (Å²) in [5, 5.41) is 12.5. The lowest BCUT2D eigenvalue weighted by Crippen LogP contribution is -2.31. The monoisotopic (exact) mass is 207 g/mol. The molecule has 0 saturated heterocycles. The topological polar surface area (TPSA) is 49.3 Å². The third kappa shape index (κ3) is 8.40. The van der Waals surface area contributed by atoms with Gasteiger partial charge in [0.2, 0.25) is 0 Å². The van der Waals surface area contributed by atoms with Gasteiger partial charge in [0.05, 0.1) is 11.9 Å². The number of hydrogen-bond acceptors (Lipinski definition) is 3. The van der Waals surface area contributed by atoms with E-state index in [9.17, 15) is 9.32 Å². The van der Waals surface area contributed by atoms with Crippen molar-refractivity contribution < 1.29 is 9.32 Å². The Labute approximate surface area is 83.4 Å². The molecule has 2 N–H and O–H groups in total. The second-order valence-electron chi connectivity index (χ2n) is 3.17. The molecule has 0 aromatic heterocycles. The Morgan fingerprint density at radius 3 is 2.62 bits per heavy atom. The summed E-state index contributed by atoms with van der Waals surface area (Å²) in [6, 6.07) is 0. The van der Waals surface area contributed by atoms with Crippen LogP contribution in [0, 0.1) is 0 Å². The number of hydrogen-bond donors (Lipinski definition) is 2. The van der Waals surface area contributed by atoms with Crippen LogP contribution in [0.2, 0.25) is 0 Å². The van der Waals surface area contributed by atoms with Crippen LogP contribution in [0.4, 0.5) is 0 Å². The Morgan fingerprint density at radius 1 is 1.38 bits per heavy atom. The molecule has 0 bridgehead atoms. The molecule has 2 unspecified atom stereocenters. The van der Waals surface area contributed by atoms with E-state index in [0.29, 0.717) is 18.1 Å². The third-order valence-electron chi connectivity index (χ3n) is 1.62. The molecule has 0 heterocycles.